The van der Waals surface area contributed by atoms with Crippen molar-refractivity contribution in [1.29, 1.82) is 0 Å². The maximum absolute atomic E-state index is 11.9. The summed E-state index contributed by atoms with van der Waals surface area (Å²) in [4.78, 5) is 26.8. The quantitative estimate of drug-likeness (QED) is 0.848. The van der Waals surface area contributed by atoms with E-state index in [0.717, 1.165) is 0 Å². The van der Waals surface area contributed by atoms with Crippen molar-refractivity contribution in [3.05, 3.63) is 58.9 Å². The molecule has 5 nitrogen and oxygen atoms in total. The van der Waals surface area contributed by atoms with Gasteiger partial charge < -0.3 is 10.4 Å². The van der Waals surface area contributed by atoms with Gasteiger partial charge in [0.05, 0.1) is 17.7 Å². The Morgan fingerprint density at radius 2 is 1.95 bits per heavy atom. The minimum atomic E-state index is -1.06. The number of anilines is 1. The first-order chi connectivity index (χ1) is 9.58. The molecular formula is C14H11ClN2O3. The van der Waals surface area contributed by atoms with Gasteiger partial charge in [0.2, 0.25) is 5.91 Å². The Balaban J connectivity index is 2.13. The molecule has 1 aromatic carbocycles. The van der Waals surface area contributed by atoms with E-state index in [4.69, 9.17) is 16.7 Å². The molecule has 0 unspecified atom stereocenters. The highest BCUT2D eigenvalue weighted by atomic mass is 35.5. The van der Waals surface area contributed by atoms with Crippen LogP contribution in [0.4, 0.5) is 5.69 Å². The van der Waals surface area contributed by atoms with Gasteiger partial charge in [-0.2, -0.15) is 0 Å². The van der Waals surface area contributed by atoms with Crippen LogP contribution in [0, 0.1) is 0 Å². The molecule has 0 aliphatic rings. The largest absolute Gasteiger partial charge is 0.478 e. The standard InChI is InChI=1S/C14H11ClN2O3/c15-13-11(6-3-7-16-13)17-12(18)8-9-4-1-2-5-10(9)14(19)20/h1-7H,8H2,(H,17,18)(H,19,20). The summed E-state index contributed by atoms with van der Waals surface area (Å²) in [5, 5.41) is 11.8. The van der Waals surface area contributed by atoms with Gasteiger partial charge in [-0.1, -0.05) is 29.8 Å². The van der Waals surface area contributed by atoms with Gasteiger partial charge in [0.25, 0.3) is 0 Å². The molecule has 102 valence electrons. The first-order valence-electron chi connectivity index (χ1n) is 5.79. The number of nitrogens with one attached hydrogen (secondary N) is 1. The number of aromatic carboxylic acids is 1. The number of benzene rings is 1. The number of carboxylic acid groups (broad SMARTS) is 1. The third-order valence-corrected chi connectivity index (χ3v) is 2.93. The second kappa shape index (κ2) is 6.16. The molecule has 2 N–H and O–H groups in total. The molecule has 0 spiro atoms. The third kappa shape index (κ3) is 3.33. The highest BCUT2D eigenvalue weighted by Crippen LogP contribution is 2.18. The van der Waals surface area contributed by atoms with Crippen molar-refractivity contribution in [1.82, 2.24) is 4.98 Å². The minimum Gasteiger partial charge on any atom is -0.478 e. The number of pyridine rings is 1. The van der Waals surface area contributed by atoms with Gasteiger partial charge in [-0.25, -0.2) is 9.78 Å². The summed E-state index contributed by atoms with van der Waals surface area (Å²) in [5.74, 6) is -1.42. The Bertz CT molecular complexity index is 658. The molecule has 1 heterocycles. The normalized spacial score (nSPS) is 10.1. The van der Waals surface area contributed by atoms with Crippen LogP contribution >= 0.6 is 11.6 Å². The summed E-state index contributed by atoms with van der Waals surface area (Å²) >= 11 is 5.83. The fourth-order valence-electron chi connectivity index (χ4n) is 1.73. The SMILES string of the molecule is O=C(Cc1ccccc1C(=O)O)Nc1cccnc1Cl. The van der Waals surface area contributed by atoms with Crippen LogP contribution in [-0.4, -0.2) is 22.0 Å². The van der Waals surface area contributed by atoms with Crippen molar-refractivity contribution < 1.29 is 14.7 Å². The number of rotatable bonds is 4. The monoisotopic (exact) mass is 290 g/mol. The van der Waals surface area contributed by atoms with Crippen LogP contribution in [0.1, 0.15) is 15.9 Å². The summed E-state index contributed by atoms with van der Waals surface area (Å²) in [6.07, 6.45) is 1.46. The van der Waals surface area contributed by atoms with Crippen LogP contribution in [0.5, 0.6) is 0 Å². The summed E-state index contributed by atoms with van der Waals surface area (Å²) in [7, 11) is 0. The number of amides is 1. The van der Waals surface area contributed by atoms with E-state index in [9.17, 15) is 9.59 Å². The van der Waals surface area contributed by atoms with E-state index in [-0.39, 0.29) is 23.0 Å². The van der Waals surface area contributed by atoms with E-state index in [0.29, 0.717) is 11.3 Å². The van der Waals surface area contributed by atoms with E-state index >= 15 is 0 Å². The van der Waals surface area contributed by atoms with Gasteiger partial charge in [-0.3, -0.25) is 4.79 Å². The number of carbonyl (C=O) groups is 2. The third-order valence-electron chi connectivity index (χ3n) is 2.63. The number of hydrogen-bond acceptors (Lipinski definition) is 3. The van der Waals surface area contributed by atoms with E-state index in [1.54, 1.807) is 30.3 Å². The maximum Gasteiger partial charge on any atom is 0.335 e. The first-order valence-corrected chi connectivity index (χ1v) is 6.17. The molecule has 1 amide bonds. The molecule has 0 aliphatic heterocycles. The van der Waals surface area contributed by atoms with E-state index in [1.807, 2.05) is 0 Å². The van der Waals surface area contributed by atoms with Gasteiger partial charge >= 0.3 is 5.97 Å². The number of aromatic nitrogens is 1. The van der Waals surface area contributed by atoms with Crippen LogP contribution in [0.2, 0.25) is 5.15 Å². The minimum absolute atomic E-state index is 0.0479. The van der Waals surface area contributed by atoms with Gasteiger partial charge in [0.1, 0.15) is 0 Å². The number of halogens is 1. The molecule has 20 heavy (non-hydrogen) atoms. The number of carboxylic acids is 1. The summed E-state index contributed by atoms with van der Waals surface area (Å²) in [5.41, 5.74) is 0.949. The van der Waals surface area contributed by atoms with Crippen molar-refractivity contribution in [3.8, 4) is 0 Å². The fourth-order valence-corrected chi connectivity index (χ4v) is 1.90. The second-order valence-corrected chi connectivity index (χ2v) is 4.39. The van der Waals surface area contributed by atoms with Crippen molar-refractivity contribution >= 4 is 29.2 Å². The number of carbonyl (C=O) groups excluding carboxylic acids is 1. The van der Waals surface area contributed by atoms with E-state index in [1.165, 1.54) is 12.3 Å². The first kappa shape index (κ1) is 14.0. The van der Waals surface area contributed by atoms with Crippen LogP contribution in [0.3, 0.4) is 0 Å². The molecule has 0 fully saturated rings. The lowest BCUT2D eigenvalue weighted by atomic mass is 10.0. The maximum atomic E-state index is 11.9. The highest BCUT2D eigenvalue weighted by molar-refractivity contribution is 6.32. The van der Waals surface area contributed by atoms with Crippen molar-refractivity contribution in [2.45, 2.75) is 6.42 Å². The second-order valence-electron chi connectivity index (χ2n) is 4.03. The van der Waals surface area contributed by atoms with Crippen LogP contribution in [0.15, 0.2) is 42.6 Å². The van der Waals surface area contributed by atoms with Crippen LogP contribution in [-0.2, 0) is 11.2 Å². The topological polar surface area (TPSA) is 79.3 Å². The number of hydrogen-bond donors (Lipinski definition) is 2. The average molecular weight is 291 g/mol. The zero-order chi connectivity index (χ0) is 14.5. The lowest BCUT2D eigenvalue weighted by Gasteiger charge is -2.08. The predicted molar refractivity (Wildman–Crippen MR) is 75.0 cm³/mol. The van der Waals surface area contributed by atoms with E-state index in [2.05, 4.69) is 10.3 Å². The Hall–Kier alpha value is -2.40. The Labute approximate surface area is 120 Å². The van der Waals surface area contributed by atoms with Crippen molar-refractivity contribution in [2.24, 2.45) is 0 Å². The Morgan fingerprint density at radius 3 is 2.65 bits per heavy atom. The molecule has 0 bridgehead atoms. The molecule has 6 heteroatoms. The molecule has 0 atom stereocenters. The van der Waals surface area contributed by atoms with Crippen molar-refractivity contribution in [3.63, 3.8) is 0 Å². The van der Waals surface area contributed by atoms with Crippen molar-refractivity contribution in [2.75, 3.05) is 5.32 Å². The molecule has 1 aromatic heterocycles. The van der Waals surface area contributed by atoms with Gasteiger partial charge in [0, 0.05) is 6.20 Å². The Kier molecular flexibility index (Phi) is 4.32. The summed E-state index contributed by atoms with van der Waals surface area (Å²) in [6.45, 7) is 0. The molecule has 0 saturated carbocycles. The summed E-state index contributed by atoms with van der Waals surface area (Å²) in [6, 6.07) is 9.63. The zero-order valence-electron chi connectivity index (χ0n) is 10.3. The van der Waals surface area contributed by atoms with Crippen LogP contribution < -0.4 is 5.32 Å². The van der Waals surface area contributed by atoms with Gasteiger partial charge in [0.15, 0.2) is 5.15 Å². The molecule has 0 radical (unpaired) electrons. The molecule has 0 saturated heterocycles. The molecule has 2 aromatic rings. The molecule has 2 rings (SSSR count). The van der Waals surface area contributed by atoms with Crippen LogP contribution in [0.25, 0.3) is 0 Å². The highest BCUT2D eigenvalue weighted by Gasteiger charge is 2.13. The smallest absolute Gasteiger partial charge is 0.335 e. The fraction of sp³-hybridized carbons (Fsp3) is 0.0714. The predicted octanol–water partition coefficient (Wildman–Crippen LogP) is 2.61. The molecule has 0 aliphatic carbocycles. The summed E-state index contributed by atoms with van der Waals surface area (Å²) < 4.78 is 0. The Morgan fingerprint density at radius 1 is 1.20 bits per heavy atom. The molecular weight excluding hydrogens is 280 g/mol. The lowest BCUT2D eigenvalue weighted by Crippen LogP contribution is -2.16. The van der Waals surface area contributed by atoms with Gasteiger partial charge in [-0.05, 0) is 23.8 Å². The van der Waals surface area contributed by atoms with Gasteiger partial charge in [-0.15, -0.1) is 0 Å². The average Bonchev–Trinajstić information content (AvgIpc) is 2.41. The zero-order valence-corrected chi connectivity index (χ0v) is 11.1. The van der Waals surface area contributed by atoms with E-state index < -0.39 is 5.97 Å². The lowest BCUT2D eigenvalue weighted by molar-refractivity contribution is -0.115. The number of nitrogens with zero attached hydrogens (tertiary/aromatic N) is 1.